The molecule has 0 saturated carbocycles. The Balaban J connectivity index is -0.000000182. The zero-order chi connectivity index (χ0) is 12.1. The molecule has 0 heterocycles. The van der Waals surface area contributed by atoms with Gasteiger partial charge in [-0.05, 0) is 0 Å². The minimum Gasteiger partial charge on any atom is -0.0767 e. The zero-order valence-electron chi connectivity index (χ0n) is 8.94. The van der Waals surface area contributed by atoms with E-state index in [0.717, 1.165) is 0 Å². The van der Waals surface area contributed by atoms with E-state index < -0.39 is 0 Å². The van der Waals surface area contributed by atoms with Crippen LogP contribution in [0.25, 0.3) is 0 Å². The fourth-order valence-electron chi connectivity index (χ4n) is 0.474. The molecular formula is C12H11CoO3. The predicted molar refractivity (Wildman–Crippen MR) is 56.3 cm³/mol. The maximum absolute atomic E-state index is 9.74. The Bertz CT molecular complexity index is 273. The average Bonchev–Trinajstić information content (AvgIpc) is 2.88. The quantitative estimate of drug-likeness (QED) is 0.433. The molecule has 0 atom stereocenters. The van der Waals surface area contributed by atoms with Crippen molar-refractivity contribution in [3.8, 4) is 0 Å². The van der Waals surface area contributed by atoms with Crippen LogP contribution in [0.5, 0.6) is 0 Å². The summed E-state index contributed by atoms with van der Waals surface area (Å²) in [5.41, 5.74) is 0.639. The summed E-state index contributed by atoms with van der Waals surface area (Å²) in [6, 6.07) is 0. The van der Waals surface area contributed by atoms with Gasteiger partial charge in [-0.15, -0.1) is 26.4 Å². The first-order valence-corrected chi connectivity index (χ1v) is 4.03. The van der Waals surface area contributed by atoms with Crippen molar-refractivity contribution in [3.05, 3.63) is 48.5 Å². The van der Waals surface area contributed by atoms with Gasteiger partial charge in [0.2, 0.25) is 0 Å². The third-order valence-corrected chi connectivity index (χ3v) is 1.42. The van der Waals surface area contributed by atoms with E-state index in [-0.39, 0.29) is 16.8 Å². The van der Waals surface area contributed by atoms with Gasteiger partial charge in [0.25, 0.3) is 0 Å². The van der Waals surface area contributed by atoms with Crippen molar-refractivity contribution in [1.82, 2.24) is 0 Å². The average molecular weight is 262 g/mol. The van der Waals surface area contributed by atoms with Crippen LogP contribution in [-0.4, -0.2) is 12.6 Å². The second-order valence-electron chi connectivity index (χ2n) is 2.42. The largest absolute Gasteiger partial charge is 2.00 e. The molecule has 2 radical (unpaired) electrons. The molecule has 0 aromatic rings. The number of hydrogen-bond donors (Lipinski definition) is 0. The maximum atomic E-state index is 9.74. The number of rotatable bonds is 2. The Morgan fingerprint density at radius 2 is 1.25 bits per heavy atom. The van der Waals surface area contributed by atoms with E-state index >= 15 is 0 Å². The third-order valence-electron chi connectivity index (χ3n) is 1.42. The molecule has 1 rings (SSSR count). The van der Waals surface area contributed by atoms with E-state index in [9.17, 15) is 9.59 Å². The summed E-state index contributed by atoms with van der Waals surface area (Å²) in [4.78, 5) is 19.5. The molecule has 1 aliphatic carbocycles. The Kier molecular flexibility index (Phi) is 20.6. The van der Waals surface area contributed by atoms with Gasteiger partial charge in [-0.2, -0.15) is 0 Å². The van der Waals surface area contributed by atoms with Crippen LogP contribution < -0.4 is 0 Å². The topological polar surface area (TPSA) is 54.0 Å². The SMILES string of the molecule is C/C([C-]=O)=C(\C)[C-]=O.[C-]#[O+].[CH]1C=CC=C1.[Co+2]. The van der Waals surface area contributed by atoms with Gasteiger partial charge in [-0.25, -0.2) is 0 Å². The van der Waals surface area contributed by atoms with Crippen molar-refractivity contribution in [2.75, 3.05) is 0 Å². The second-order valence-corrected chi connectivity index (χ2v) is 2.42. The summed E-state index contributed by atoms with van der Waals surface area (Å²) >= 11 is 0. The summed E-state index contributed by atoms with van der Waals surface area (Å²) in [5.74, 6) is 0. The summed E-state index contributed by atoms with van der Waals surface area (Å²) < 4.78 is 7.50. The van der Waals surface area contributed by atoms with Gasteiger partial charge in [0.05, 0.1) is 0 Å². The first-order chi connectivity index (χ1) is 7.22. The predicted octanol–water partition coefficient (Wildman–Crippen LogP) is 1.82. The van der Waals surface area contributed by atoms with Crippen molar-refractivity contribution >= 4 is 12.6 Å². The Hall–Kier alpha value is -1.19. The van der Waals surface area contributed by atoms with Gasteiger partial charge in [0, 0.05) is 6.42 Å². The van der Waals surface area contributed by atoms with Crippen molar-refractivity contribution in [1.29, 1.82) is 0 Å². The summed E-state index contributed by atoms with van der Waals surface area (Å²) in [7, 11) is 0. The van der Waals surface area contributed by atoms with Crippen LogP contribution in [0.15, 0.2) is 35.5 Å². The molecule has 16 heavy (non-hydrogen) atoms. The summed E-state index contributed by atoms with van der Waals surface area (Å²) in [6.45, 7) is 7.54. The maximum Gasteiger partial charge on any atom is 2.00 e. The standard InChI is InChI=1S/C6H6O2.C5H5.CO.Co/c1-5(3-7)6(2)4-8;1-2-4-5-3-1;1-2;/h1-2H3;1-5H;;/q-2;;;+2/b6-5-;;;. The van der Waals surface area contributed by atoms with Crippen LogP contribution in [0, 0.1) is 13.1 Å². The van der Waals surface area contributed by atoms with Gasteiger partial charge in [-0.3, -0.25) is 0 Å². The first kappa shape index (κ1) is 20.2. The molecule has 0 amide bonds. The van der Waals surface area contributed by atoms with Crippen LogP contribution >= 0.6 is 0 Å². The number of hydrogen-bond acceptors (Lipinski definition) is 2. The Morgan fingerprint density at radius 3 is 1.38 bits per heavy atom. The van der Waals surface area contributed by atoms with Crippen molar-refractivity contribution < 1.29 is 31.0 Å². The van der Waals surface area contributed by atoms with E-state index in [1.54, 1.807) is 12.6 Å². The first-order valence-electron chi connectivity index (χ1n) is 4.03. The van der Waals surface area contributed by atoms with Gasteiger partial charge in [0.15, 0.2) is 0 Å². The number of carbonyl (C=O) groups excluding carboxylic acids is 2. The van der Waals surface area contributed by atoms with Crippen LogP contribution in [0.2, 0.25) is 0 Å². The third kappa shape index (κ3) is 12.8. The van der Waals surface area contributed by atoms with Crippen molar-refractivity contribution in [3.63, 3.8) is 0 Å². The molecule has 0 aliphatic heterocycles. The molecule has 0 saturated heterocycles. The second kappa shape index (κ2) is 16.2. The minimum atomic E-state index is 0. The molecule has 86 valence electrons. The van der Waals surface area contributed by atoms with Crippen LogP contribution in [0.1, 0.15) is 13.8 Å². The normalized spacial score (nSPS) is 11.8. The van der Waals surface area contributed by atoms with Crippen LogP contribution in [0.3, 0.4) is 0 Å². The van der Waals surface area contributed by atoms with Crippen molar-refractivity contribution in [2.24, 2.45) is 0 Å². The molecule has 0 bridgehead atoms. The van der Waals surface area contributed by atoms with E-state index in [2.05, 4.69) is 6.65 Å². The van der Waals surface area contributed by atoms with Crippen LogP contribution in [-0.2, 0) is 31.0 Å². The van der Waals surface area contributed by atoms with Gasteiger partial charge < -0.3 is 20.7 Å². The monoisotopic (exact) mass is 262 g/mol. The molecule has 4 heteroatoms. The van der Waals surface area contributed by atoms with E-state index in [1.165, 1.54) is 13.8 Å². The molecule has 0 spiro atoms. The summed E-state index contributed by atoms with van der Waals surface area (Å²) in [6.07, 6.45) is 13.2. The van der Waals surface area contributed by atoms with E-state index in [4.69, 9.17) is 4.65 Å². The molecular weight excluding hydrogens is 251 g/mol. The van der Waals surface area contributed by atoms with Crippen molar-refractivity contribution in [2.45, 2.75) is 13.8 Å². The number of allylic oxidation sites excluding steroid dienone is 6. The smallest absolute Gasteiger partial charge is 0.0767 e. The molecule has 0 aromatic heterocycles. The zero-order valence-corrected chi connectivity index (χ0v) is 9.99. The molecule has 1 aliphatic rings. The fourth-order valence-corrected chi connectivity index (χ4v) is 0.474. The fraction of sp³-hybridized carbons (Fsp3) is 0.167. The molecule has 3 nitrogen and oxygen atoms in total. The van der Waals surface area contributed by atoms with Gasteiger partial charge in [-0.1, -0.05) is 24.3 Å². The summed E-state index contributed by atoms with van der Waals surface area (Å²) in [5, 5.41) is 0. The molecule has 0 fully saturated rings. The van der Waals surface area contributed by atoms with Crippen LogP contribution in [0.4, 0.5) is 0 Å². The van der Waals surface area contributed by atoms with Gasteiger partial charge >= 0.3 is 28.1 Å². The molecule has 0 unspecified atom stereocenters. The van der Waals surface area contributed by atoms with Gasteiger partial charge in [0.1, 0.15) is 0 Å². The van der Waals surface area contributed by atoms with E-state index in [0.29, 0.717) is 11.1 Å². The molecule has 0 aromatic carbocycles. The van der Waals surface area contributed by atoms with E-state index in [1.807, 2.05) is 30.7 Å². The molecule has 0 N–H and O–H groups in total. The Labute approximate surface area is 106 Å². The Morgan fingerprint density at radius 1 is 0.938 bits per heavy atom. The minimum absolute atomic E-state index is 0.